The van der Waals surface area contributed by atoms with Gasteiger partial charge in [-0.25, -0.2) is 24.3 Å². The second-order valence-electron chi connectivity index (χ2n) is 8.88. The van der Waals surface area contributed by atoms with Gasteiger partial charge in [-0.1, -0.05) is 18.7 Å². The minimum absolute atomic E-state index is 0.0121. The third-order valence-electron chi connectivity index (χ3n) is 6.44. The van der Waals surface area contributed by atoms with Gasteiger partial charge in [-0.05, 0) is 61.6 Å². The van der Waals surface area contributed by atoms with Crippen molar-refractivity contribution in [2.24, 2.45) is 7.05 Å². The summed E-state index contributed by atoms with van der Waals surface area (Å²) in [6, 6.07) is 6.56. The summed E-state index contributed by atoms with van der Waals surface area (Å²) < 4.78 is 22.8. The molecule has 9 nitrogen and oxygen atoms in total. The number of benzene rings is 1. The number of fused-ring (bicyclic) bond motifs is 1. The van der Waals surface area contributed by atoms with E-state index in [9.17, 15) is 4.79 Å². The van der Waals surface area contributed by atoms with Crippen molar-refractivity contribution in [2.75, 3.05) is 5.73 Å². The van der Waals surface area contributed by atoms with Gasteiger partial charge in [0.1, 0.15) is 17.8 Å². The van der Waals surface area contributed by atoms with Crippen LogP contribution in [0.5, 0.6) is 11.8 Å². The molecule has 188 valence electrons. The van der Waals surface area contributed by atoms with Crippen molar-refractivity contribution in [1.29, 1.82) is 0 Å². The summed E-state index contributed by atoms with van der Waals surface area (Å²) in [5, 5.41) is 3.60. The van der Waals surface area contributed by atoms with E-state index in [4.69, 9.17) is 10.5 Å². The normalized spacial score (nSPS) is 15.3. The highest BCUT2D eigenvalue weighted by molar-refractivity contribution is 6.06. The molecule has 10 heteroatoms. The summed E-state index contributed by atoms with van der Waals surface area (Å²) in [6.45, 7) is 5.32. The van der Waals surface area contributed by atoms with Gasteiger partial charge in [0.15, 0.2) is 11.6 Å². The zero-order valence-electron chi connectivity index (χ0n) is 20.5. The molecule has 0 aliphatic heterocycles. The van der Waals surface area contributed by atoms with Crippen molar-refractivity contribution >= 4 is 28.3 Å². The molecule has 1 aliphatic rings. The molecule has 0 bridgehead atoms. The summed E-state index contributed by atoms with van der Waals surface area (Å²) in [5.74, 6) is -0.434. The first kappa shape index (κ1) is 24.1. The molecule has 1 aliphatic carbocycles. The van der Waals surface area contributed by atoms with E-state index in [0.29, 0.717) is 41.0 Å². The SMILES string of the molecule is C=CC(=O)N[C@H]1CC=C(c2c(-c3ccc(Oc4nccc(C)n4)c(F)c3)c3c(N)ncnc3n2C)CC1. The molecule has 0 unspecified atom stereocenters. The Kier molecular flexibility index (Phi) is 6.39. The molecule has 1 aromatic carbocycles. The molecule has 0 spiro atoms. The highest BCUT2D eigenvalue weighted by Crippen LogP contribution is 2.42. The number of carbonyl (C=O) groups is 1. The van der Waals surface area contributed by atoms with Crippen LogP contribution in [0.15, 0.2) is 55.5 Å². The Hall–Kier alpha value is -4.60. The van der Waals surface area contributed by atoms with Crippen LogP contribution in [0.1, 0.15) is 30.7 Å². The van der Waals surface area contributed by atoms with E-state index in [0.717, 1.165) is 23.3 Å². The van der Waals surface area contributed by atoms with E-state index in [-0.39, 0.29) is 23.7 Å². The number of hydrogen-bond acceptors (Lipinski definition) is 7. The lowest BCUT2D eigenvalue weighted by molar-refractivity contribution is -0.117. The van der Waals surface area contributed by atoms with Crippen LogP contribution in [-0.2, 0) is 11.8 Å². The Labute approximate surface area is 212 Å². The molecule has 1 atom stereocenters. The number of nitrogens with one attached hydrogen (secondary N) is 1. The third-order valence-corrected chi connectivity index (χ3v) is 6.44. The van der Waals surface area contributed by atoms with Gasteiger partial charge >= 0.3 is 6.01 Å². The number of amides is 1. The number of rotatable bonds is 6. The molecule has 0 fully saturated rings. The second-order valence-corrected chi connectivity index (χ2v) is 8.88. The maximum atomic E-state index is 15.3. The topological polar surface area (TPSA) is 121 Å². The lowest BCUT2D eigenvalue weighted by Crippen LogP contribution is -2.34. The molecule has 3 aromatic heterocycles. The van der Waals surface area contributed by atoms with Crippen LogP contribution in [0, 0.1) is 12.7 Å². The van der Waals surface area contributed by atoms with Crippen molar-refractivity contribution < 1.29 is 13.9 Å². The van der Waals surface area contributed by atoms with Crippen LogP contribution >= 0.6 is 0 Å². The maximum Gasteiger partial charge on any atom is 0.322 e. The summed E-state index contributed by atoms with van der Waals surface area (Å²) in [5.41, 5.74) is 11.0. The van der Waals surface area contributed by atoms with Crippen molar-refractivity contribution in [2.45, 2.75) is 32.2 Å². The molecule has 3 heterocycles. The van der Waals surface area contributed by atoms with Crippen LogP contribution in [-0.4, -0.2) is 36.5 Å². The van der Waals surface area contributed by atoms with E-state index in [2.05, 4.69) is 37.9 Å². The first-order chi connectivity index (χ1) is 17.9. The average Bonchev–Trinajstić information content (AvgIpc) is 3.19. The van der Waals surface area contributed by atoms with Gasteiger partial charge in [0.05, 0.1) is 11.1 Å². The Bertz CT molecular complexity index is 1560. The fraction of sp³-hybridized carbons (Fsp3) is 0.222. The highest BCUT2D eigenvalue weighted by atomic mass is 19.1. The number of nitrogens with two attached hydrogens (primary N) is 1. The first-order valence-electron chi connectivity index (χ1n) is 11.8. The standard InChI is InChI=1S/C27H26FN7O2/c1-4-21(36)34-18-8-5-16(6-9-18)24-22(23-25(29)31-14-32-26(23)35(24)3)17-7-10-20(19(28)13-17)37-27-30-12-11-15(2)33-27/h4-5,7,10-14,18H,1,6,8-9H2,2-3H3,(H,34,36)(H2,29,31,32)/t18-/m0/s1. The van der Waals surface area contributed by atoms with Crippen LogP contribution in [0.3, 0.4) is 0 Å². The quantitative estimate of drug-likeness (QED) is 0.375. The van der Waals surface area contributed by atoms with Gasteiger partial charge in [0, 0.05) is 30.5 Å². The summed E-state index contributed by atoms with van der Waals surface area (Å²) >= 11 is 0. The highest BCUT2D eigenvalue weighted by Gasteiger charge is 2.26. The number of aromatic nitrogens is 5. The summed E-state index contributed by atoms with van der Waals surface area (Å²) in [6.07, 6.45) is 8.47. The number of ether oxygens (including phenoxy) is 1. The molecular weight excluding hydrogens is 473 g/mol. The van der Waals surface area contributed by atoms with E-state index >= 15 is 4.39 Å². The first-order valence-corrected chi connectivity index (χ1v) is 11.8. The Balaban J connectivity index is 1.58. The second kappa shape index (κ2) is 9.81. The van der Waals surface area contributed by atoms with Crippen molar-refractivity contribution in [3.63, 3.8) is 0 Å². The number of nitrogen functional groups attached to an aromatic ring is 1. The molecule has 0 radical (unpaired) electrons. The number of aryl methyl sites for hydroxylation is 2. The maximum absolute atomic E-state index is 15.3. The van der Waals surface area contributed by atoms with Gasteiger partial charge in [0.25, 0.3) is 0 Å². The van der Waals surface area contributed by atoms with Crippen LogP contribution in [0.4, 0.5) is 10.2 Å². The largest absolute Gasteiger partial charge is 0.421 e. The van der Waals surface area contributed by atoms with Gasteiger partial charge < -0.3 is 20.4 Å². The molecule has 0 saturated heterocycles. The smallest absolute Gasteiger partial charge is 0.322 e. The number of hydrogen-bond donors (Lipinski definition) is 2. The minimum atomic E-state index is -0.564. The van der Waals surface area contributed by atoms with E-state index in [1.54, 1.807) is 31.3 Å². The predicted octanol–water partition coefficient (Wildman–Crippen LogP) is 4.49. The predicted molar refractivity (Wildman–Crippen MR) is 139 cm³/mol. The number of allylic oxidation sites excluding steroid dienone is 1. The molecular formula is C27H26FN7O2. The molecule has 1 amide bonds. The third kappa shape index (κ3) is 4.65. The van der Waals surface area contributed by atoms with Gasteiger partial charge in [-0.3, -0.25) is 4.79 Å². The molecule has 37 heavy (non-hydrogen) atoms. The van der Waals surface area contributed by atoms with E-state index < -0.39 is 5.82 Å². The van der Waals surface area contributed by atoms with E-state index in [1.807, 2.05) is 11.6 Å². The zero-order valence-corrected chi connectivity index (χ0v) is 20.5. The van der Waals surface area contributed by atoms with Crippen LogP contribution < -0.4 is 15.8 Å². The van der Waals surface area contributed by atoms with E-state index in [1.165, 1.54) is 18.5 Å². The Morgan fingerprint density at radius 1 is 1.30 bits per heavy atom. The van der Waals surface area contributed by atoms with Gasteiger partial charge in [-0.2, -0.15) is 0 Å². The Morgan fingerprint density at radius 2 is 2.14 bits per heavy atom. The molecule has 5 rings (SSSR count). The molecule has 0 saturated carbocycles. The average molecular weight is 500 g/mol. The Morgan fingerprint density at radius 3 is 2.84 bits per heavy atom. The van der Waals surface area contributed by atoms with Crippen molar-refractivity contribution in [1.82, 2.24) is 29.8 Å². The number of nitrogens with zero attached hydrogens (tertiary/aromatic N) is 5. The van der Waals surface area contributed by atoms with Crippen LogP contribution in [0.25, 0.3) is 27.7 Å². The zero-order chi connectivity index (χ0) is 26.1. The van der Waals surface area contributed by atoms with Crippen LogP contribution in [0.2, 0.25) is 0 Å². The molecule has 4 aromatic rings. The number of carbonyl (C=O) groups excluding carboxylic acids is 1. The van der Waals surface area contributed by atoms with Crippen molar-refractivity contribution in [3.05, 3.63) is 72.7 Å². The number of halogens is 1. The summed E-state index contributed by atoms with van der Waals surface area (Å²) in [4.78, 5) is 28.6. The molecule has 3 N–H and O–H groups in total. The minimum Gasteiger partial charge on any atom is -0.421 e. The fourth-order valence-electron chi connectivity index (χ4n) is 4.69. The fourth-order valence-corrected chi connectivity index (χ4v) is 4.69. The summed E-state index contributed by atoms with van der Waals surface area (Å²) in [7, 11) is 1.91. The monoisotopic (exact) mass is 499 g/mol. The lowest BCUT2D eigenvalue weighted by Gasteiger charge is -2.23. The van der Waals surface area contributed by atoms with Crippen molar-refractivity contribution in [3.8, 4) is 22.9 Å². The van der Waals surface area contributed by atoms with Gasteiger partial charge in [-0.15, -0.1) is 0 Å². The number of anilines is 1. The lowest BCUT2D eigenvalue weighted by atomic mass is 9.89. The van der Waals surface area contributed by atoms with Gasteiger partial charge in [0.2, 0.25) is 5.91 Å².